The highest BCUT2D eigenvalue weighted by molar-refractivity contribution is 5.76. The smallest absolute Gasteiger partial charge is 0.325 e. The zero-order valence-electron chi connectivity index (χ0n) is 23.2. The number of pyridine rings is 1. The van der Waals surface area contributed by atoms with Crippen LogP contribution in [-0.4, -0.2) is 53.4 Å². The van der Waals surface area contributed by atoms with Crippen LogP contribution in [0.15, 0.2) is 36.4 Å². The van der Waals surface area contributed by atoms with E-state index in [1.54, 1.807) is 0 Å². The summed E-state index contributed by atoms with van der Waals surface area (Å²) in [5.74, 6) is -0.800. The predicted molar refractivity (Wildman–Crippen MR) is 148 cm³/mol. The summed E-state index contributed by atoms with van der Waals surface area (Å²) in [7, 11) is 0. The van der Waals surface area contributed by atoms with Crippen molar-refractivity contribution in [3.63, 3.8) is 0 Å². The number of aryl methyl sites for hydroxylation is 3. The van der Waals surface area contributed by atoms with E-state index < -0.39 is 12.0 Å². The van der Waals surface area contributed by atoms with E-state index in [1.165, 1.54) is 36.2 Å². The number of carboxylic acid groups (broad SMARTS) is 1. The van der Waals surface area contributed by atoms with E-state index in [4.69, 9.17) is 14.5 Å². The first-order valence-corrected chi connectivity index (χ1v) is 14.7. The summed E-state index contributed by atoms with van der Waals surface area (Å²) in [6, 6.07) is 11.8. The van der Waals surface area contributed by atoms with Gasteiger partial charge in [-0.05, 0) is 92.4 Å². The number of carboxylic acids is 1. The van der Waals surface area contributed by atoms with E-state index in [0.717, 1.165) is 62.6 Å². The lowest BCUT2D eigenvalue weighted by molar-refractivity contribution is -0.143. The maximum absolute atomic E-state index is 12.6. The quantitative estimate of drug-likeness (QED) is 0.383. The summed E-state index contributed by atoms with van der Waals surface area (Å²) in [6.45, 7) is 7.34. The minimum Gasteiger partial charge on any atom is -0.480 e. The van der Waals surface area contributed by atoms with Gasteiger partial charge >= 0.3 is 5.97 Å². The summed E-state index contributed by atoms with van der Waals surface area (Å²) in [6.07, 6.45) is 10.7. The molecule has 1 aromatic heterocycles. The van der Waals surface area contributed by atoms with Crippen molar-refractivity contribution in [3.8, 4) is 0 Å². The Morgan fingerprint density at radius 3 is 2.87 bits per heavy atom. The first-order valence-electron chi connectivity index (χ1n) is 14.7. The largest absolute Gasteiger partial charge is 0.480 e. The Morgan fingerprint density at radius 1 is 1.18 bits per heavy atom. The molecule has 3 atom stereocenters. The number of benzene rings is 1. The van der Waals surface area contributed by atoms with Crippen molar-refractivity contribution in [2.75, 3.05) is 26.3 Å². The second kappa shape index (κ2) is 12.3. The number of ether oxygens (including phenoxy) is 2. The van der Waals surface area contributed by atoms with Crippen LogP contribution in [0.25, 0.3) is 0 Å². The number of aromatic nitrogens is 1. The van der Waals surface area contributed by atoms with Gasteiger partial charge in [-0.15, -0.1) is 0 Å². The molecular weight excluding hydrogens is 476 g/mol. The molecule has 0 spiro atoms. The molecule has 1 aromatic carbocycles. The molecule has 2 aromatic rings. The average molecular weight is 521 g/mol. The lowest BCUT2D eigenvalue weighted by Gasteiger charge is -2.37. The Bertz CT molecular complexity index is 1100. The van der Waals surface area contributed by atoms with Gasteiger partial charge in [0.15, 0.2) is 0 Å². The molecule has 206 valence electrons. The van der Waals surface area contributed by atoms with Gasteiger partial charge < -0.3 is 14.6 Å². The maximum Gasteiger partial charge on any atom is 0.325 e. The molecule has 38 heavy (non-hydrogen) atoms. The third-order valence-corrected chi connectivity index (χ3v) is 8.67. The maximum atomic E-state index is 12.6. The van der Waals surface area contributed by atoms with Crippen LogP contribution in [0, 0.1) is 5.41 Å². The van der Waals surface area contributed by atoms with Crippen molar-refractivity contribution in [2.24, 2.45) is 5.41 Å². The van der Waals surface area contributed by atoms with Gasteiger partial charge in [-0.25, -0.2) is 0 Å². The van der Waals surface area contributed by atoms with Crippen LogP contribution in [-0.2, 0) is 33.5 Å². The number of fused-ring (bicyclic) bond motifs is 1. The highest BCUT2D eigenvalue weighted by Crippen LogP contribution is 2.42. The Hall–Kier alpha value is -2.28. The molecule has 3 heterocycles. The molecule has 1 aliphatic carbocycles. The molecule has 5 rings (SSSR count). The monoisotopic (exact) mass is 520 g/mol. The van der Waals surface area contributed by atoms with Crippen LogP contribution in [0.2, 0.25) is 0 Å². The number of carbonyl (C=O) groups is 1. The Morgan fingerprint density at radius 2 is 2.03 bits per heavy atom. The molecule has 6 heteroatoms. The molecule has 0 saturated carbocycles. The summed E-state index contributed by atoms with van der Waals surface area (Å²) < 4.78 is 12.4. The van der Waals surface area contributed by atoms with Crippen LogP contribution in [0.5, 0.6) is 0 Å². The topological polar surface area (TPSA) is 71.9 Å². The standard InChI is InChI=1S/C32H44N2O4/c1-32(2)17-20-38-29(21-32)26-11-4-5-12-27(26)30(31(35)36)34-18-16-25(22-34)37-19-8-7-10-24-15-14-23-9-3-6-13-28(23)33-24/h4-5,11-12,14-15,25,29-30H,3,6-10,13,16-22H2,1-2H3,(H,35,36)/t25-,29?,30?/m1/s1. The number of nitrogens with zero attached hydrogens (tertiary/aromatic N) is 2. The van der Waals surface area contributed by atoms with Gasteiger partial charge in [0.05, 0.1) is 12.2 Å². The van der Waals surface area contributed by atoms with Crippen molar-refractivity contribution in [1.82, 2.24) is 9.88 Å². The fourth-order valence-corrected chi connectivity index (χ4v) is 6.43. The minimum absolute atomic E-state index is 0.0592. The predicted octanol–water partition coefficient (Wildman–Crippen LogP) is 6.08. The zero-order chi connectivity index (χ0) is 26.5. The van der Waals surface area contributed by atoms with Crippen molar-refractivity contribution < 1.29 is 19.4 Å². The number of rotatable bonds is 10. The molecule has 0 bridgehead atoms. The second-order valence-corrected chi connectivity index (χ2v) is 12.2. The number of hydrogen-bond donors (Lipinski definition) is 1. The summed E-state index contributed by atoms with van der Waals surface area (Å²) in [5, 5.41) is 10.3. The number of unbranched alkanes of at least 4 members (excludes halogenated alkanes) is 1. The molecule has 2 saturated heterocycles. The molecule has 1 N–H and O–H groups in total. The highest BCUT2D eigenvalue weighted by Gasteiger charge is 2.38. The number of likely N-dealkylation sites (tertiary alicyclic amines) is 1. The third kappa shape index (κ3) is 6.64. The third-order valence-electron chi connectivity index (χ3n) is 8.67. The van der Waals surface area contributed by atoms with Crippen LogP contribution < -0.4 is 0 Å². The fraction of sp³-hybridized carbons (Fsp3) is 0.625. The zero-order valence-corrected chi connectivity index (χ0v) is 23.2. The molecule has 3 aliphatic rings. The normalized spacial score (nSPS) is 24.2. The first kappa shape index (κ1) is 27.3. The van der Waals surface area contributed by atoms with Gasteiger partial charge in [-0.2, -0.15) is 0 Å². The van der Waals surface area contributed by atoms with E-state index in [-0.39, 0.29) is 17.6 Å². The van der Waals surface area contributed by atoms with E-state index in [0.29, 0.717) is 19.8 Å². The Balaban J connectivity index is 1.13. The minimum atomic E-state index is -0.800. The molecule has 2 fully saturated rings. The van der Waals surface area contributed by atoms with Gasteiger partial charge in [0, 0.05) is 37.7 Å². The summed E-state index contributed by atoms with van der Waals surface area (Å²) >= 11 is 0. The molecule has 0 amide bonds. The van der Waals surface area contributed by atoms with Crippen LogP contribution in [0.3, 0.4) is 0 Å². The number of hydrogen-bond acceptors (Lipinski definition) is 5. The molecular formula is C32H44N2O4. The van der Waals surface area contributed by atoms with Gasteiger partial charge in [0.2, 0.25) is 0 Å². The van der Waals surface area contributed by atoms with Crippen LogP contribution >= 0.6 is 0 Å². The SMILES string of the molecule is CC1(C)CCOC(c2ccccc2C(C(=O)O)N2CC[C@@H](OCCCCc3ccc4c(n3)CCCC4)C2)C1. The lowest BCUT2D eigenvalue weighted by Crippen LogP contribution is -2.35. The van der Waals surface area contributed by atoms with Crippen LogP contribution in [0.1, 0.15) is 99.0 Å². The van der Waals surface area contributed by atoms with Gasteiger partial charge in [0.1, 0.15) is 6.04 Å². The van der Waals surface area contributed by atoms with Crippen molar-refractivity contribution in [3.05, 3.63) is 64.5 Å². The van der Waals surface area contributed by atoms with Crippen molar-refractivity contribution in [2.45, 2.75) is 96.3 Å². The molecule has 6 nitrogen and oxygen atoms in total. The summed E-state index contributed by atoms with van der Waals surface area (Å²) in [5.41, 5.74) is 6.02. The average Bonchev–Trinajstić information content (AvgIpc) is 3.36. The van der Waals surface area contributed by atoms with Crippen molar-refractivity contribution in [1.29, 1.82) is 0 Å². The van der Waals surface area contributed by atoms with Crippen LogP contribution in [0.4, 0.5) is 0 Å². The van der Waals surface area contributed by atoms with Gasteiger partial charge in [-0.3, -0.25) is 14.7 Å². The van der Waals surface area contributed by atoms with E-state index in [1.807, 2.05) is 18.2 Å². The Labute approximate surface area is 227 Å². The highest BCUT2D eigenvalue weighted by atomic mass is 16.5. The molecule has 2 aliphatic heterocycles. The first-order chi connectivity index (χ1) is 18.4. The summed E-state index contributed by atoms with van der Waals surface area (Å²) in [4.78, 5) is 19.5. The van der Waals surface area contributed by atoms with E-state index >= 15 is 0 Å². The second-order valence-electron chi connectivity index (χ2n) is 12.2. The number of aliphatic carboxylic acids is 1. The Kier molecular flexibility index (Phi) is 8.81. The van der Waals surface area contributed by atoms with Gasteiger partial charge in [-0.1, -0.05) is 44.2 Å². The van der Waals surface area contributed by atoms with Crippen molar-refractivity contribution >= 4 is 5.97 Å². The lowest BCUT2D eigenvalue weighted by atomic mass is 9.79. The molecule has 0 radical (unpaired) electrons. The van der Waals surface area contributed by atoms with E-state index in [2.05, 4.69) is 36.9 Å². The van der Waals surface area contributed by atoms with E-state index in [9.17, 15) is 9.90 Å². The van der Waals surface area contributed by atoms with Gasteiger partial charge in [0.25, 0.3) is 0 Å². The molecule has 2 unspecified atom stereocenters. The fourth-order valence-electron chi connectivity index (χ4n) is 6.43.